The van der Waals surface area contributed by atoms with Crippen molar-refractivity contribution in [1.82, 2.24) is 14.9 Å². The minimum atomic E-state index is -0.298. The summed E-state index contributed by atoms with van der Waals surface area (Å²) in [6.07, 6.45) is 3.85. The molecule has 3 heterocycles. The molecule has 5 rings (SSSR count). The van der Waals surface area contributed by atoms with Gasteiger partial charge in [-0.1, -0.05) is 24.3 Å². The van der Waals surface area contributed by atoms with Crippen LogP contribution in [0.2, 0.25) is 0 Å². The lowest BCUT2D eigenvalue weighted by atomic mass is 9.86. The number of aromatic nitrogens is 2. The Morgan fingerprint density at radius 1 is 1.16 bits per heavy atom. The molecule has 1 aromatic carbocycles. The van der Waals surface area contributed by atoms with Crippen LogP contribution < -0.4 is 5.56 Å². The summed E-state index contributed by atoms with van der Waals surface area (Å²) >= 11 is 0. The van der Waals surface area contributed by atoms with Gasteiger partial charge in [0.05, 0.1) is 5.56 Å². The largest absolute Gasteiger partial charge is 0.333 e. The lowest BCUT2D eigenvalue weighted by molar-refractivity contribution is 0.0711. The molecule has 1 fully saturated rings. The summed E-state index contributed by atoms with van der Waals surface area (Å²) in [5, 5.41) is 0.691. The molecule has 124 valence electrons. The highest BCUT2D eigenvalue weighted by Gasteiger charge is 2.49. The minimum absolute atomic E-state index is 0.0927. The topological polar surface area (TPSA) is 66.1 Å². The molecule has 1 N–H and O–H groups in total. The summed E-state index contributed by atoms with van der Waals surface area (Å²) in [7, 11) is 0. The van der Waals surface area contributed by atoms with E-state index in [1.165, 1.54) is 17.2 Å². The SMILES string of the molecule is O=C(c1cc(=O)[nH]c2ncccc12)N1Cc2ccccc2C2(CC2)C1. The van der Waals surface area contributed by atoms with Gasteiger partial charge in [-0.05, 0) is 36.1 Å². The number of fused-ring (bicyclic) bond motifs is 3. The van der Waals surface area contributed by atoms with Crippen molar-refractivity contribution in [2.75, 3.05) is 6.54 Å². The highest BCUT2D eigenvalue weighted by atomic mass is 16.2. The predicted octanol–water partition coefficient (Wildman–Crippen LogP) is 2.61. The van der Waals surface area contributed by atoms with Gasteiger partial charge in [0.1, 0.15) is 5.65 Å². The third kappa shape index (κ3) is 2.19. The van der Waals surface area contributed by atoms with Crippen LogP contribution in [0.25, 0.3) is 11.0 Å². The van der Waals surface area contributed by atoms with E-state index in [-0.39, 0.29) is 16.9 Å². The Bertz CT molecular complexity index is 1070. The number of hydrogen-bond acceptors (Lipinski definition) is 3. The molecule has 0 bridgehead atoms. The first-order valence-corrected chi connectivity index (χ1v) is 8.52. The summed E-state index contributed by atoms with van der Waals surface area (Å²) in [5.41, 5.74) is 3.30. The number of nitrogens with one attached hydrogen (secondary N) is 1. The molecular weight excluding hydrogens is 314 g/mol. The number of hydrogen-bond donors (Lipinski definition) is 1. The molecular formula is C20H17N3O2. The highest BCUT2D eigenvalue weighted by Crippen LogP contribution is 2.52. The summed E-state index contributed by atoms with van der Waals surface area (Å²) in [6.45, 7) is 1.31. The van der Waals surface area contributed by atoms with Gasteiger partial charge in [0.2, 0.25) is 5.56 Å². The molecule has 5 heteroatoms. The average molecular weight is 331 g/mol. The van der Waals surface area contributed by atoms with E-state index in [1.807, 2.05) is 17.0 Å². The Kier molecular flexibility index (Phi) is 2.89. The monoisotopic (exact) mass is 331 g/mol. The number of amides is 1. The van der Waals surface area contributed by atoms with E-state index in [9.17, 15) is 9.59 Å². The van der Waals surface area contributed by atoms with Crippen molar-refractivity contribution in [3.05, 3.63) is 75.7 Å². The van der Waals surface area contributed by atoms with Gasteiger partial charge >= 0.3 is 0 Å². The minimum Gasteiger partial charge on any atom is -0.333 e. The Hall–Kier alpha value is -2.95. The number of benzene rings is 1. The molecule has 25 heavy (non-hydrogen) atoms. The standard InChI is InChI=1S/C20H17N3O2/c24-17-10-15(14-5-3-9-21-18(14)22-17)19(25)23-11-13-4-1-2-6-16(13)20(12-23)7-8-20/h1-6,9-10H,7-8,11-12H2,(H,21,22,24). The molecule has 2 aromatic heterocycles. The van der Waals surface area contributed by atoms with E-state index in [0.717, 1.165) is 19.4 Å². The zero-order chi connectivity index (χ0) is 17.0. The fourth-order valence-corrected chi connectivity index (χ4v) is 4.04. The maximum Gasteiger partial charge on any atom is 0.255 e. The third-order valence-electron chi connectivity index (χ3n) is 5.43. The second-order valence-electron chi connectivity index (χ2n) is 7.05. The second-order valence-corrected chi connectivity index (χ2v) is 7.05. The highest BCUT2D eigenvalue weighted by molar-refractivity contribution is 6.05. The molecule has 0 saturated heterocycles. The third-order valence-corrected chi connectivity index (χ3v) is 5.43. The number of rotatable bonds is 1. The first kappa shape index (κ1) is 14.4. The van der Waals surface area contributed by atoms with Crippen LogP contribution in [-0.4, -0.2) is 27.3 Å². The van der Waals surface area contributed by atoms with E-state index in [2.05, 4.69) is 28.2 Å². The number of carbonyl (C=O) groups is 1. The molecule has 1 aliphatic heterocycles. The van der Waals surface area contributed by atoms with Crippen LogP contribution in [0.3, 0.4) is 0 Å². The van der Waals surface area contributed by atoms with E-state index in [4.69, 9.17) is 0 Å². The van der Waals surface area contributed by atoms with Crippen molar-refractivity contribution >= 4 is 16.9 Å². The predicted molar refractivity (Wildman–Crippen MR) is 94.5 cm³/mol. The summed E-state index contributed by atoms with van der Waals surface area (Å²) in [4.78, 5) is 34.0. The van der Waals surface area contributed by atoms with Gasteiger partial charge in [0.15, 0.2) is 0 Å². The van der Waals surface area contributed by atoms with Crippen molar-refractivity contribution in [2.45, 2.75) is 24.8 Å². The molecule has 5 nitrogen and oxygen atoms in total. The number of carbonyl (C=O) groups excluding carboxylic acids is 1. The molecule has 3 aromatic rings. The molecule has 1 spiro atoms. The Morgan fingerprint density at radius 3 is 2.84 bits per heavy atom. The average Bonchev–Trinajstić information content (AvgIpc) is 3.40. The second kappa shape index (κ2) is 5.02. The number of H-pyrrole nitrogens is 1. The molecule has 1 saturated carbocycles. The molecule has 1 aliphatic carbocycles. The van der Waals surface area contributed by atoms with Gasteiger partial charge < -0.3 is 9.88 Å². The van der Waals surface area contributed by atoms with Crippen LogP contribution in [0.5, 0.6) is 0 Å². The Labute approximate surface area is 144 Å². The van der Waals surface area contributed by atoms with Crippen molar-refractivity contribution in [1.29, 1.82) is 0 Å². The van der Waals surface area contributed by atoms with Crippen LogP contribution in [0.1, 0.15) is 34.3 Å². The molecule has 2 aliphatic rings. The first-order chi connectivity index (χ1) is 12.2. The number of pyridine rings is 2. The molecule has 0 atom stereocenters. The fraction of sp³-hybridized carbons (Fsp3) is 0.250. The van der Waals surface area contributed by atoms with Gasteiger partial charge in [-0.3, -0.25) is 9.59 Å². The van der Waals surface area contributed by atoms with Crippen LogP contribution in [0.4, 0.5) is 0 Å². The maximum atomic E-state index is 13.2. The zero-order valence-electron chi connectivity index (χ0n) is 13.7. The summed E-state index contributed by atoms with van der Waals surface area (Å²) < 4.78 is 0. The van der Waals surface area contributed by atoms with Crippen molar-refractivity contribution in [2.24, 2.45) is 0 Å². The maximum absolute atomic E-state index is 13.2. The van der Waals surface area contributed by atoms with Crippen LogP contribution in [0.15, 0.2) is 53.5 Å². The summed E-state index contributed by atoms with van der Waals surface area (Å²) in [6, 6.07) is 13.4. The number of nitrogens with zero attached hydrogens (tertiary/aromatic N) is 2. The van der Waals surface area contributed by atoms with Gasteiger partial charge in [-0.2, -0.15) is 0 Å². The molecule has 1 amide bonds. The van der Waals surface area contributed by atoms with Crippen molar-refractivity contribution < 1.29 is 4.79 Å². The van der Waals surface area contributed by atoms with E-state index in [0.29, 0.717) is 23.1 Å². The first-order valence-electron chi connectivity index (χ1n) is 8.52. The van der Waals surface area contributed by atoms with Gasteiger partial charge in [-0.25, -0.2) is 4.98 Å². The van der Waals surface area contributed by atoms with Crippen molar-refractivity contribution in [3.63, 3.8) is 0 Å². The van der Waals surface area contributed by atoms with Gasteiger partial charge in [-0.15, -0.1) is 0 Å². The lowest BCUT2D eigenvalue weighted by Crippen LogP contribution is -2.42. The zero-order valence-corrected chi connectivity index (χ0v) is 13.7. The fourth-order valence-electron chi connectivity index (χ4n) is 4.04. The van der Waals surface area contributed by atoms with Crippen molar-refractivity contribution in [3.8, 4) is 0 Å². The van der Waals surface area contributed by atoms with Crippen LogP contribution in [-0.2, 0) is 12.0 Å². The van der Waals surface area contributed by atoms with E-state index >= 15 is 0 Å². The van der Waals surface area contributed by atoms with E-state index < -0.39 is 0 Å². The normalized spacial score (nSPS) is 17.5. The van der Waals surface area contributed by atoms with E-state index in [1.54, 1.807) is 12.3 Å². The molecule has 0 radical (unpaired) electrons. The van der Waals surface area contributed by atoms with Gasteiger partial charge in [0, 0.05) is 36.2 Å². The van der Waals surface area contributed by atoms with Crippen LogP contribution >= 0.6 is 0 Å². The van der Waals surface area contributed by atoms with Crippen LogP contribution in [0, 0.1) is 0 Å². The smallest absolute Gasteiger partial charge is 0.255 e. The lowest BCUT2D eigenvalue weighted by Gasteiger charge is -2.35. The Morgan fingerprint density at radius 2 is 2.00 bits per heavy atom. The quantitative estimate of drug-likeness (QED) is 0.745. The number of aromatic amines is 1. The van der Waals surface area contributed by atoms with Gasteiger partial charge in [0.25, 0.3) is 5.91 Å². The summed E-state index contributed by atoms with van der Waals surface area (Å²) in [5.74, 6) is -0.0927. The molecule has 0 unspecified atom stereocenters. The Balaban J connectivity index is 1.60.